The number of benzene rings is 2. The second-order valence-corrected chi connectivity index (χ2v) is 8.36. The predicted octanol–water partition coefficient (Wildman–Crippen LogP) is 4.79. The maximum atomic E-state index is 14.3. The van der Waals surface area contributed by atoms with Crippen LogP contribution in [-0.4, -0.2) is 37.6 Å². The van der Waals surface area contributed by atoms with Crippen molar-refractivity contribution >= 4 is 35.4 Å². The number of halogens is 2. The number of hydrogen-bond acceptors (Lipinski definition) is 5. The topological polar surface area (TPSA) is 77.9 Å². The summed E-state index contributed by atoms with van der Waals surface area (Å²) in [6.07, 6.45) is 6.80. The number of carbonyl (C=O) groups is 1. The third kappa shape index (κ3) is 4.50. The summed E-state index contributed by atoms with van der Waals surface area (Å²) in [5.74, 6) is 0.346. The number of fused-ring (bicyclic) bond motifs is 2. The molecule has 1 amide bonds. The Morgan fingerprint density at radius 2 is 2.09 bits per heavy atom. The number of para-hydroxylation sites is 1. The van der Waals surface area contributed by atoms with Crippen molar-refractivity contribution in [3.63, 3.8) is 0 Å². The first kappa shape index (κ1) is 23.0. The van der Waals surface area contributed by atoms with Crippen molar-refractivity contribution in [2.75, 3.05) is 26.8 Å². The van der Waals surface area contributed by atoms with Gasteiger partial charge in [-0.25, -0.2) is 4.39 Å². The first-order chi connectivity index (χ1) is 15.5. The molecule has 0 spiro atoms. The molecule has 1 saturated carbocycles. The monoisotopic (exact) mass is 472 g/mol. The van der Waals surface area contributed by atoms with Gasteiger partial charge in [-0.15, -0.1) is 12.4 Å². The minimum absolute atomic E-state index is 0. The van der Waals surface area contributed by atoms with Crippen molar-refractivity contribution in [2.45, 2.75) is 19.3 Å². The van der Waals surface area contributed by atoms with Crippen molar-refractivity contribution in [1.82, 2.24) is 4.90 Å². The zero-order valence-corrected chi connectivity index (χ0v) is 19.1. The Hall–Kier alpha value is -3.19. The van der Waals surface area contributed by atoms with Crippen LogP contribution in [0.1, 0.15) is 34.3 Å². The van der Waals surface area contributed by atoms with Crippen LogP contribution in [0.25, 0.3) is 17.0 Å². The highest BCUT2D eigenvalue weighted by Crippen LogP contribution is 2.36. The Bertz CT molecular complexity index is 1220. The molecule has 1 fully saturated rings. The summed E-state index contributed by atoms with van der Waals surface area (Å²) < 4.78 is 31.2. The van der Waals surface area contributed by atoms with Gasteiger partial charge in [0.2, 0.25) is 5.91 Å². The van der Waals surface area contributed by atoms with Crippen LogP contribution in [0.15, 0.2) is 46.7 Å². The lowest BCUT2D eigenvalue weighted by molar-refractivity contribution is 0.0999. The van der Waals surface area contributed by atoms with Crippen molar-refractivity contribution in [1.29, 1.82) is 0 Å². The summed E-state index contributed by atoms with van der Waals surface area (Å²) in [5, 5.41) is 1.04. The lowest BCUT2D eigenvalue weighted by Gasteiger charge is -2.31. The summed E-state index contributed by atoms with van der Waals surface area (Å²) in [6.45, 7) is 1.89. The lowest BCUT2D eigenvalue weighted by Crippen LogP contribution is -2.32. The first-order valence-electron chi connectivity index (χ1n) is 10.8. The zero-order chi connectivity index (χ0) is 22.2. The molecule has 0 radical (unpaired) electrons. The molecule has 0 bridgehead atoms. The van der Waals surface area contributed by atoms with Crippen molar-refractivity contribution < 1.29 is 23.1 Å². The summed E-state index contributed by atoms with van der Waals surface area (Å²) in [6, 6.07) is 8.50. The van der Waals surface area contributed by atoms with E-state index in [1.54, 1.807) is 13.4 Å². The molecule has 0 atom stereocenters. The fourth-order valence-corrected chi connectivity index (χ4v) is 4.27. The van der Waals surface area contributed by atoms with Crippen molar-refractivity contribution in [2.24, 2.45) is 11.7 Å². The van der Waals surface area contributed by atoms with E-state index >= 15 is 0 Å². The van der Waals surface area contributed by atoms with Crippen LogP contribution in [0.4, 0.5) is 4.39 Å². The quantitative estimate of drug-likeness (QED) is 0.510. The highest BCUT2D eigenvalue weighted by molar-refractivity contribution is 5.98. The van der Waals surface area contributed by atoms with E-state index in [9.17, 15) is 9.18 Å². The number of rotatable bonds is 8. The van der Waals surface area contributed by atoms with Gasteiger partial charge in [0.1, 0.15) is 6.61 Å². The Morgan fingerprint density at radius 3 is 2.82 bits per heavy atom. The molecule has 1 aliphatic heterocycles. The van der Waals surface area contributed by atoms with Gasteiger partial charge in [0.15, 0.2) is 22.9 Å². The number of amides is 1. The molecular formula is C25H26ClFN2O4. The average molecular weight is 473 g/mol. The molecule has 0 saturated heterocycles. The third-order valence-corrected chi connectivity index (χ3v) is 6.19. The standard InChI is InChI=1S/C25H25FN2O4.ClH/c1-30-22-4-2-3-18-16(13-31-24(18)22)9-10-28(12-15-5-6-15)17-11-20-19(25(27)29)7-8-21(26)23(20)32-14-17;/h2-4,7-8,11,13,15H,5-6,9-10,12,14H2,1H3,(H2,27,29);1H. The average Bonchev–Trinajstić information content (AvgIpc) is 3.53. The number of ether oxygens (including phenoxy) is 2. The number of methoxy groups -OCH3 is 1. The highest BCUT2D eigenvalue weighted by Gasteiger charge is 2.28. The minimum Gasteiger partial charge on any atom is -0.493 e. The minimum atomic E-state index is -0.602. The van der Waals surface area contributed by atoms with E-state index in [0.29, 0.717) is 17.2 Å². The van der Waals surface area contributed by atoms with Gasteiger partial charge < -0.3 is 24.5 Å². The van der Waals surface area contributed by atoms with Gasteiger partial charge in [-0.3, -0.25) is 4.79 Å². The van der Waals surface area contributed by atoms with Crippen molar-refractivity contribution in [3.05, 3.63) is 64.8 Å². The SMILES string of the molecule is COc1cccc2c(CCN(CC3CC3)C3=Cc4c(C(N)=O)ccc(F)c4OC3)coc12.Cl. The summed E-state index contributed by atoms with van der Waals surface area (Å²) in [5.41, 5.74) is 8.96. The van der Waals surface area contributed by atoms with Crippen LogP contribution in [0.2, 0.25) is 0 Å². The number of furan rings is 1. The number of hydrogen-bond donors (Lipinski definition) is 1. The second kappa shape index (κ2) is 9.35. The van der Waals surface area contributed by atoms with Crippen LogP contribution in [0.5, 0.6) is 11.5 Å². The molecule has 6 nitrogen and oxygen atoms in total. The Kier molecular flexibility index (Phi) is 6.51. The molecule has 33 heavy (non-hydrogen) atoms. The Morgan fingerprint density at radius 1 is 1.27 bits per heavy atom. The maximum absolute atomic E-state index is 14.3. The second-order valence-electron chi connectivity index (χ2n) is 8.36. The van der Waals surface area contributed by atoms with E-state index in [0.717, 1.165) is 41.7 Å². The van der Waals surface area contributed by atoms with Crippen LogP contribution in [0.3, 0.4) is 0 Å². The molecule has 2 N–H and O–H groups in total. The largest absolute Gasteiger partial charge is 0.493 e. The van der Waals surface area contributed by atoms with E-state index in [1.807, 2.05) is 24.3 Å². The molecular weight excluding hydrogens is 447 g/mol. The number of primary amides is 1. The molecule has 1 aromatic heterocycles. The van der Waals surface area contributed by atoms with E-state index in [-0.39, 0.29) is 30.3 Å². The molecule has 0 unspecified atom stereocenters. The fraction of sp³-hybridized carbons (Fsp3) is 0.320. The molecule has 1 aliphatic carbocycles. The fourth-order valence-electron chi connectivity index (χ4n) is 4.27. The van der Waals surface area contributed by atoms with Crippen LogP contribution < -0.4 is 15.2 Å². The molecule has 3 aromatic rings. The van der Waals surface area contributed by atoms with Crippen LogP contribution in [0, 0.1) is 11.7 Å². The predicted molar refractivity (Wildman–Crippen MR) is 126 cm³/mol. The zero-order valence-electron chi connectivity index (χ0n) is 18.3. The van der Waals surface area contributed by atoms with Gasteiger partial charge in [0.25, 0.3) is 0 Å². The van der Waals surface area contributed by atoms with E-state index < -0.39 is 11.7 Å². The Labute approximate surface area is 197 Å². The maximum Gasteiger partial charge on any atom is 0.249 e. The van der Waals surface area contributed by atoms with Gasteiger partial charge in [0, 0.05) is 29.6 Å². The van der Waals surface area contributed by atoms with E-state index in [2.05, 4.69) is 4.90 Å². The van der Waals surface area contributed by atoms with Crippen molar-refractivity contribution in [3.8, 4) is 11.5 Å². The number of nitrogens with two attached hydrogens (primary N) is 1. The molecule has 2 aliphatic rings. The van der Waals surface area contributed by atoms with Gasteiger partial charge >= 0.3 is 0 Å². The number of nitrogens with zero attached hydrogens (tertiary/aromatic N) is 1. The van der Waals surface area contributed by atoms with Gasteiger partial charge in [-0.05, 0) is 49.5 Å². The lowest BCUT2D eigenvalue weighted by atomic mass is 10.0. The Balaban J connectivity index is 0.00000259. The smallest absolute Gasteiger partial charge is 0.249 e. The van der Waals surface area contributed by atoms with Crippen LogP contribution in [-0.2, 0) is 6.42 Å². The van der Waals surface area contributed by atoms with Crippen LogP contribution >= 0.6 is 12.4 Å². The summed E-state index contributed by atoms with van der Waals surface area (Å²) in [4.78, 5) is 14.2. The van der Waals surface area contributed by atoms with Gasteiger partial charge in [-0.1, -0.05) is 12.1 Å². The first-order valence-corrected chi connectivity index (χ1v) is 10.8. The summed E-state index contributed by atoms with van der Waals surface area (Å²) in [7, 11) is 1.63. The molecule has 5 rings (SSSR count). The molecule has 2 heterocycles. The summed E-state index contributed by atoms with van der Waals surface area (Å²) >= 11 is 0. The third-order valence-electron chi connectivity index (χ3n) is 6.19. The van der Waals surface area contributed by atoms with E-state index in [1.165, 1.54) is 25.0 Å². The van der Waals surface area contributed by atoms with E-state index in [4.69, 9.17) is 19.6 Å². The molecule has 8 heteroatoms. The van der Waals surface area contributed by atoms with Gasteiger partial charge in [-0.2, -0.15) is 0 Å². The number of carbonyl (C=O) groups excluding carboxylic acids is 1. The normalized spacial score (nSPS) is 14.7. The highest BCUT2D eigenvalue weighted by atomic mass is 35.5. The molecule has 174 valence electrons. The van der Waals surface area contributed by atoms with Gasteiger partial charge in [0.05, 0.1) is 24.6 Å². The molecule has 2 aromatic carbocycles.